The fourth-order valence-corrected chi connectivity index (χ4v) is 4.48. The lowest BCUT2D eigenvalue weighted by molar-refractivity contribution is 0.0529. The van der Waals surface area contributed by atoms with E-state index in [4.69, 9.17) is 9.47 Å². The predicted molar refractivity (Wildman–Crippen MR) is 143 cm³/mol. The molecule has 3 heteroatoms. The van der Waals surface area contributed by atoms with Crippen LogP contribution in [0.5, 0.6) is 0 Å². The largest absolute Gasteiger partial charge is 0.508 e. The van der Waals surface area contributed by atoms with E-state index in [0.29, 0.717) is 13.2 Å². The molecule has 2 aromatic rings. The maximum Gasteiger partial charge on any atom is 0.508 e. The average molecular weight is 467 g/mol. The van der Waals surface area contributed by atoms with Crippen LogP contribution in [0.2, 0.25) is 0 Å². The zero-order valence-corrected chi connectivity index (χ0v) is 22.4. The molecular formula is C31H46O3. The third-order valence-electron chi connectivity index (χ3n) is 6.27. The first kappa shape index (κ1) is 28.0. The van der Waals surface area contributed by atoms with Crippen LogP contribution in [0.15, 0.2) is 48.5 Å². The van der Waals surface area contributed by atoms with E-state index < -0.39 is 6.16 Å². The van der Waals surface area contributed by atoms with Gasteiger partial charge in [0.2, 0.25) is 0 Å². The Bertz CT molecular complexity index is 799. The smallest absolute Gasteiger partial charge is 0.434 e. The maximum atomic E-state index is 11.8. The molecule has 0 aromatic heterocycles. The van der Waals surface area contributed by atoms with E-state index in [1.54, 1.807) is 0 Å². The number of benzene rings is 2. The number of aryl methyl sites for hydroxylation is 2. The van der Waals surface area contributed by atoms with E-state index in [2.05, 4.69) is 90.1 Å². The van der Waals surface area contributed by atoms with E-state index in [1.807, 2.05) is 0 Å². The van der Waals surface area contributed by atoms with Gasteiger partial charge in [0.05, 0.1) is 13.2 Å². The minimum atomic E-state index is -0.531. The molecule has 0 unspecified atom stereocenters. The maximum absolute atomic E-state index is 11.8. The van der Waals surface area contributed by atoms with E-state index in [-0.39, 0.29) is 10.8 Å². The summed E-state index contributed by atoms with van der Waals surface area (Å²) in [7, 11) is 0. The second kappa shape index (κ2) is 13.6. The van der Waals surface area contributed by atoms with Crippen LogP contribution >= 0.6 is 0 Å². The van der Waals surface area contributed by atoms with Gasteiger partial charge in [-0.15, -0.1) is 0 Å². The highest BCUT2D eigenvalue weighted by atomic mass is 16.7. The van der Waals surface area contributed by atoms with Crippen molar-refractivity contribution < 1.29 is 14.3 Å². The lowest BCUT2D eigenvalue weighted by atomic mass is 9.82. The third-order valence-corrected chi connectivity index (χ3v) is 6.27. The van der Waals surface area contributed by atoms with Crippen LogP contribution in [0.25, 0.3) is 0 Å². The Kier molecular flexibility index (Phi) is 11.1. The molecule has 0 radical (unpaired) electrons. The van der Waals surface area contributed by atoms with Gasteiger partial charge in [-0.1, -0.05) is 90.1 Å². The molecule has 0 saturated carbocycles. The molecule has 0 heterocycles. The van der Waals surface area contributed by atoms with Gasteiger partial charge in [-0.2, -0.15) is 0 Å². The minimum absolute atomic E-state index is 0.167. The van der Waals surface area contributed by atoms with Gasteiger partial charge in [-0.25, -0.2) is 4.79 Å². The lowest BCUT2D eigenvalue weighted by Crippen LogP contribution is -2.14. The van der Waals surface area contributed by atoms with Crippen LogP contribution in [0.1, 0.15) is 102 Å². The Morgan fingerprint density at radius 2 is 0.971 bits per heavy atom. The van der Waals surface area contributed by atoms with Crippen molar-refractivity contribution in [2.75, 3.05) is 13.2 Å². The van der Waals surface area contributed by atoms with E-state index in [9.17, 15) is 4.79 Å². The van der Waals surface area contributed by atoms with Crippen LogP contribution < -0.4 is 0 Å². The number of ether oxygens (including phenoxy) is 2. The molecule has 0 aliphatic rings. The molecule has 0 aliphatic heterocycles. The molecule has 2 aromatic carbocycles. The fraction of sp³-hybridized carbons (Fsp3) is 0.581. The van der Waals surface area contributed by atoms with E-state index >= 15 is 0 Å². The first-order chi connectivity index (χ1) is 16.1. The summed E-state index contributed by atoms with van der Waals surface area (Å²) >= 11 is 0. The molecule has 0 aliphatic carbocycles. The van der Waals surface area contributed by atoms with Gasteiger partial charge in [-0.3, -0.25) is 0 Å². The second-order valence-corrected chi connectivity index (χ2v) is 11.4. The van der Waals surface area contributed by atoms with Crippen molar-refractivity contribution in [1.29, 1.82) is 0 Å². The first-order valence-electron chi connectivity index (χ1n) is 13.1. The van der Waals surface area contributed by atoms with Crippen molar-refractivity contribution in [2.24, 2.45) is 0 Å². The fourth-order valence-electron chi connectivity index (χ4n) is 4.48. The van der Waals surface area contributed by atoms with Crippen LogP contribution in [0.4, 0.5) is 4.79 Å². The van der Waals surface area contributed by atoms with E-state index in [0.717, 1.165) is 51.4 Å². The third kappa shape index (κ3) is 9.91. The molecule has 0 spiro atoms. The summed E-state index contributed by atoms with van der Waals surface area (Å²) in [6, 6.07) is 17.4. The summed E-state index contributed by atoms with van der Waals surface area (Å²) in [5, 5.41) is 0. The monoisotopic (exact) mass is 466 g/mol. The molecule has 3 nitrogen and oxygen atoms in total. The van der Waals surface area contributed by atoms with E-state index in [1.165, 1.54) is 22.3 Å². The molecule has 0 bridgehead atoms. The van der Waals surface area contributed by atoms with Crippen LogP contribution in [0, 0.1) is 0 Å². The summed E-state index contributed by atoms with van der Waals surface area (Å²) in [5.41, 5.74) is 6.04. The Morgan fingerprint density at radius 1 is 0.588 bits per heavy atom. The SMILES string of the molecule is CC(C)(C)c1ccccc1CCCCCOC(=O)OCCCCCc1ccccc1C(C)(C)C. The summed E-state index contributed by atoms with van der Waals surface area (Å²) in [4.78, 5) is 11.8. The van der Waals surface area contributed by atoms with Gasteiger partial charge >= 0.3 is 6.16 Å². The van der Waals surface area contributed by atoms with Gasteiger partial charge in [-0.05, 0) is 84.5 Å². The Labute approximate surface area is 208 Å². The minimum Gasteiger partial charge on any atom is -0.434 e. The first-order valence-corrected chi connectivity index (χ1v) is 13.1. The molecule has 188 valence electrons. The molecule has 0 atom stereocenters. The molecular weight excluding hydrogens is 420 g/mol. The summed E-state index contributed by atoms with van der Waals surface area (Å²) in [6.07, 6.45) is 7.64. The predicted octanol–water partition coefficient (Wildman–Crippen LogP) is 8.56. The number of carbonyl (C=O) groups excluding carboxylic acids is 1. The van der Waals surface area contributed by atoms with Gasteiger partial charge in [0.15, 0.2) is 0 Å². The quantitative estimate of drug-likeness (QED) is 0.232. The second-order valence-electron chi connectivity index (χ2n) is 11.4. The molecule has 0 amide bonds. The zero-order valence-electron chi connectivity index (χ0n) is 22.4. The molecule has 0 N–H and O–H groups in total. The number of carbonyl (C=O) groups is 1. The lowest BCUT2D eigenvalue weighted by Gasteiger charge is -2.23. The van der Waals surface area contributed by atoms with Gasteiger partial charge in [0.1, 0.15) is 0 Å². The van der Waals surface area contributed by atoms with Gasteiger partial charge in [0.25, 0.3) is 0 Å². The standard InChI is InChI=1S/C31H46O3/c1-30(2,3)27-21-13-11-19-25(27)17-9-7-15-23-33-29(32)34-24-16-8-10-18-26-20-12-14-22-28(26)31(4,5)6/h11-14,19-22H,7-10,15-18,23-24H2,1-6H3. The zero-order chi connectivity index (χ0) is 25.0. The molecule has 34 heavy (non-hydrogen) atoms. The van der Waals surface area contributed by atoms with Crippen molar-refractivity contribution in [3.8, 4) is 0 Å². The van der Waals surface area contributed by atoms with Gasteiger partial charge in [0, 0.05) is 0 Å². The molecule has 2 rings (SSSR count). The van der Waals surface area contributed by atoms with Crippen LogP contribution in [-0.2, 0) is 33.1 Å². The van der Waals surface area contributed by atoms with Crippen molar-refractivity contribution >= 4 is 6.16 Å². The Hall–Kier alpha value is -2.29. The number of rotatable bonds is 12. The van der Waals surface area contributed by atoms with Crippen molar-refractivity contribution in [3.05, 3.63) is 70.8 Å². The molecule has 0 saturated heterocycles. The number of hydrogen-bond acceptors (Lipinski definition) is 3. The summed E-state index contributed by atoms with van der Waals surface area (Å²) < 4.78 is 10.5. The Balaban J connectivity index is 1.52. The Morgan fingerprint density at radius 3 is 1.35 bits per heavy atom. The summed E-state index contributed by atoms with van der Waals surface area (Å²) in [5.74, 6) is 0. The van der Waals surface area contributed by atoms with Crippen molar-refractivity contribution in [3.63, 3.8) is 0 Å². The normalized spacial score (nSPS) is 11.9. The molecule has 0 fully saturated rings. The highest BCUT2D eigenvalue weighted by Crippen LogP contribution is 2.27. The van der Waals surface area contributed by atoms with Crippen molar-refractivity contribution in [2.45, 2.75) is 104 Å². The highest BCUT2D eigenvalue weighted by Gasteiger charge is 2.17. The number of hydrogen-bond donors (Lipinski definition) is 0. The number of unbranched alkanes of at least 4 members (excludes halogenated alkanes) is 4. The topological polar surface area (TPSA) is 35.5 Å². The summed E-state index contributed by atoms with van der Waals surface area (Å²) in [6.45, 7) is 14.4. The highest BCUT2D eigenvalue weighted by molar-refractivity contribution is 5.59. The van der Waals surface area contributed by atoms with Crippen LogP contribution in [-0.4, -0.2) is 19.4 Å². The van der Waals surface area contributed by atoms with Crippen LogP contribution in [0.3, 0.4) is 0 Å². The van der Waals surface area contributed by atoms with Gasteiger partial charge < -0.3 is 9.47 Å². The average Bonchev–Trinajstić information content (AvgIpc) is 2.77. The van der Waals surface area contributed by atoms with Crippen molar-refractivity contribution in [1.82, 2.24) is 0 Å².